The summed E-state index contributed by atoms with van der Waals surface area (Å²) in [5.74, 6) is 0. The molecule has 70 valence electrons. The van der Waals surface area contributed by atoms with Crippen molar-refractivity contribution in [3.8, 4) is 0 Å². The summed E-state index contributed by atoms with van der Waals surface area (Å²) in [5.41, 5.74) is 0.827. The van der Waals surface area contributed by atoms with E-state index < -0.39 is 0 Å². The number of nitrogens with zero attached hydrogens (tertiary/aromatic N) is 2. The Morgan fingerprint density at radius 3 is 3.00 bits per heavy atom. The molecule has 3 nitrogen and oxygen atoms in total. The van der Waals surface area contributed by atoms with Crippen molar-refractivity contribution in [2.75, 3.05) is 0 Å². The van der Waals surface area contributed by atoms with Crippen molar-refractivity contribution in [3.63, 3.8) is 0 Å². The molecule has 0 radical (unpaired) electrons. The predicted octanol–water partition coefficient (Wildman–Crippen LogP) is 1.73. The summed E-state index contributed by atoms with van der Waals surface area (Å²) in [5, 5.41) is 0. The zero-order chi connectivity index (χ0) is 9.84. The Hall–Kier alpha value is -0.650. The maximum atomic E-state index is 11.6. The molecule has 1 heterocycles. The van der Waals surface area contributed by atoms with Crippen molar-refractivity contribution in [3.05, 3.63) is 38.1 Å². The minimum absolute atomic E-state index is 0.0335. The third kappa shape index (κ3) is 2.40. The molecule has 0 aromatic carbocycles. The number of hydrogen-bond donors (Lipinski definition) is 0. The van der Waals surface area contributed by atoms with Gasteiger partial charge in [-0.15, -0.1) is 0 Å². The largest absolute Gasteiger partial charge is 0.294 e. The fourth-order valence-electron chi connectivity index (χ4n) is 0.895. The quantitative estimate of drug-likeness (QED) is 0.614. The lowest BCUT2D eigenvalue weighted by atomic mass is 10.4. The second-order valence-electron chi connectivity index (χ2n) is 2.67. The van der Waals surface area contributed by atoms with Crippen LogP contribution in [0.3, 0.4) is 0 Å². The van der Waals surface area contributed by atoms with Crippen LogP contribution in [0.4, 0.5) is 0 Å². The molecule has 1 rings (SSSR count). The topological polar surface area (TPSA) is 34.9 Å². The number of allylic oxidation sites excluding steroid dienone is 2. The van der Waals surface area contributed by atoms with Gasteiger partial charge in [0.25, 0.3) is 5.56 Å². The predicted molar refractivity (Wildman–Crippen MR) is 60.8 cm³/mol. The first kappa shape index (κ1) is 10.4. The van der Waals surface area contributed by atoms with Crippen LogP contribution in [0, 0.1) is 10.5 Å². The Morgan fingerprint density at radius 2 is 2.38 bits per heavy atom. The lowest BCUT2D eigenvalue weighted by molar-refractivity contribution is 0.739. The lowest BCUT2D eigenvalue weighted by Gasteiger charge is -2.02. The summed E-state index contributed by atoms with van der Waals surface area (Å²) in [4.78, 5) is 15.7. The Balaban J connectivity index is 3.11. The van der Waals surface area contributed by atoms with Gasteiger partial charge in [0.1, 0.15) is 0 Å². The van der Waals surface area contributed by atoms with Gasteiger partial charge in [-0.25, -0.2) is 4.98 Å². The van der Waals surface area contributed by atoms with Gasteiger partial charge in [-0.2, -0.15) is 0 Å². The van der Waals surface area contributed by atoms with Crippen molar-refractivity contribution in [1.29, 1.82) is 0 Å². The summed E-state index contributed by atoms with van der Waals surface area (Å²) in [6.07, 6.45) is 5.42. The van der Waals surface area contributed by atoms with Gasteiger partial charge in [-0.1, -0.05) is 12.2 Å². The molecule has 4 heteroatoms. The third-order valence-corrected chi connectivity index (χ3v) is 2.94. The van der Waals surface area contributed by atoms with E-state index in [1.165, 1.54) is 0 Å². The smallest absolute Gasteiger partial charge is 0.267 e. The van der Waals surface area contributed by atoms with E-state index in [0.29, 0.717) is 10.1 Å². The van der Waals surface area contributed by atoms with Crippen molar-refractivity contribution >= 4 is 22.6 Å². The van der Waals surface area contributed by atoms with Gasteiger partial charge in [0, 0.05) is 6.54 Å². The fraction of sp³-hybridized carbons (Fsp3) is 0.333. The van der Waals surface area contributed by atoms with Crippen LogP contribution in [0.2, 0.25) is 0 Å². The molecular formula is C9H11IN2O. The van der Waals surface area contributed by atoms with Crippen molar-refractivity contribution in [2.45, 2.75) is 20.4 Å². The van der Waals surface area contributed by atoms with E-state index in [1.54, 1.807) is 10.9 Å². The minimum atomic E-state index is 0.0335. The van der Waals surface area contributed by atoms with Crippen LogP contribution >= 0.6 is 22.6 Å². The second-order valence-corrected chi connectivity index (χ2v) is 3.75. The summed E-state index contributed by atoms with van der Waals surface area (Å²) in [6, 6.07) is 0. The van der Waals surface area contributed by atoms with Gasteiger partial charge in [0.2, 0.25) is 0 Å². The van der Waals surface area contributed by atoms with Gasteiger partial charge in [-0.05, 0) is 36.4 Å². The Bertz CT molecular complexity index is 382. The standard InChI is InChI=1S/C9H11IN2O/c1-3-4-5-12-6-11-7(2)8(10)9(12)13/h3-4,6H,5H2,1-2H3. The normalized spacial score (nSPS) is 11.0. The molecule has 13 heavy (non-hydrogen) atoms. The van der Waals surface area contributed by atoms with E-state index in [1.807, 2.05) is 48.6 Å². The zero-order valence-electron chi connectivity index (χ0n) is 7.62. The van der Waals surface area contributed by atoms with E-state index in [-0.39, 0.29) is 5.56 Å². The average molecular weight is 290 g/mol. The Labute approximate surface area is 90.6 Å². The fourth-order valence-corrected chi connectivity index (χ4v) is 1.34. The van der Waals surface area contributed by atoms with Crippen LogP contribution in [0.15, 0.2) is 23.3 Å². The molecule has 0 bridgehead atoms. The molecule has 0 saturated heterocycles. The zero-order valence-corrected chi connectivity index (χ0v) is 9.78. The lowest BCUT2D eigenvalue weighted by Crippen LogP contribution is -2.23. The molecule has 1 aromatic rings. The van der Waals surface area contributed by atoms with Crippen LogP contribution in [-0.2, 0) is 6.54 Å². The van der Waals surface area contributed by atoms with Crippen molar-refractivity contribution in [1.82, 2.24) is 9.55 Å². The van der Waals surface area contributed by atoms with Gasteiger partial charge in [0.05, 0.1) is 15.6 Å². The molecule has 0 N–H and O–H groups in total. The molecule has 0 amide bonds. The van der Waals surface area contributed by atoms with Crippen LogP contribution in [0.1, 0.15) is 12.6 Å². The summed E-state index contributed by atoms with van der Waals surface area (Å²) >= 11 is 2.03. The second kappa shape index (κ2) is 4.55. The molecule has 0 aliphatic rings. The molecule has 0 fully saturated rings. The summed E-state index contributed by atoms with van der Waals surface area (Å²) in [7, 11) is 0. The first-order valence-electron chi connectivity index (χ1n) is 3.99. The van der Waals surface area contributed by atoms with Crippen molar-refractivity contribution < 1.29 is 0 Å². The molecule has 0 unspecified atom stereocenters. The number of halogens is 1. The maximum absolute atomic E-state index is 11.6. The van der Waals surface area contributed by atoms with E-state index in [9.17, 15) is 4.79 Å². The number of rotatable bonds is 2. The molecule has 0 aliphatic carbocycles. The molecule has 1 aromatic heterocycles. The highest BCUT2D eigenvalue weighted by molar-refractivity contribution is 14.1. The van der Waals surface area contributed by atoms with E-state index in [2.05, 4.69) is 4.98 Å². The molecule has 0 saturated carbocycles. The number of aryl methyl sites for hydroxylation is 1. The molecular weight excluding hydrogens is 279 g/mol. The van der Waals surface area contributed by atoms with E-state index >= 15 is 0 Å². The van der Waals surface area contributed by atoms with Gasteiger partial charge in [-0.3, -0.25) is 9.36 Å². The Kier molecular flexibility index (Phi) is 3.65. The van der Waals surface area contributed by atoms with E-state index in [0.717, 1.165) is 5.69 Å². The maximum Gasteiger partial charge on any atom is 0.267 e. The third-order valence-electron chi connectivity index (χ3n) is 1.69. The SMILES string of the molecule is CC=CCn1cnc(C)c(I)c1=O. The van der Waals surface area contributed by atoms with Crippen LogP contribution in [0.5, 0.6) is 0 Å². The van der Waals surface area contributed by atoms with Gasteiger partial charge >= 0.3 is 0 Å². The van der Waals surface area contributed by atoms with Crippen molar-refractivity contribution in [2.24, 2.45) is 0 Å². The highest BCUT2D eigenvalue weighted by Crippen LogP contribution is 2.00. The first-order valence-corrected chi connectivity index (χ1v) is 5.07. The number of hydrogen-bond acceptors (Lipinski definition) is 2. The van der Waals surface area contributed by atoms with Crippen LogP contribution < -0.4 is 5.56 Å². The highest BCUT2D eigenvalue weighted by atomic mass is 127. The van der Waals surface area contributed by atoms with Gasteiger partial charge in [0.15, 0.2) is 0 Å². The summed E-state index contributed by atoms with van der Waals surface area (Å²) < 4.78 is 2.29. The Morgan fingerprint density at radius 1 is 1.69 bits per heavy atom. The monoisotopic (exact) mass is 290 g/mol. The average Bonchev–Trinajstić information content (AvgIpc) is 2.13. The molecule has 0 spiro atoms. The van der Waals surface area contributed by atoms with E-state index in [4.69, 9.17) is 0 Å². The van der Waals surface area contributed by atoms with Gasteiger partial charge < -0.3 is 0 Å². The summed E-state index contributed by atoms with van der Waals surface area (Å²) in [6.45, 7) is 4.36. The molecule has 0 atom stereocenters. The first-order chi connectivity index (χ1) is 6.16. The number of aromatic nitrogens is 2. The highest BCUT2D eigenvalue weighted by Gasteiger charge is 2.02. The molecule has 0 aliphatic heterocycles. The van der Waals surface area contributed by atoms with Crippen LogP contribution in [0.25, 0.3) is 0 Å². The van der Waals surface area contributed by atoms with Crippen LogP contribution in [-0.4, -0.2) is 9.55 Å². The minimum Gasteiger partial charge on any atom is -0.294 e.